The van der Waals surface area contributed by atoms with Crippen LogP contribution in [0.3, 0.4) is 0 Å². The summed E-state index contributed by atoms with van der Waals surface area (Å²) < 4.78 is 6.47. The van der Waals surface area contributed by atoms with E-state index in [1.165, 1.54) is 0 Å². The summed E-state index contributed by atoms with van der Waals surface area (Å²) in [7, 11) is 0. The molecule has 0 saturated carbocycles. The predicted octanol–water partition coefficient (Wildman–Crippen LogP) is 1.79. The fraction of sp³-hybridized carbons (Fsp3) is 0.375. The highest BCUT2D eigenvalue weighted by Gasteiger charge is 1.97. The zero-order chi connectivity index (χ0) is 9.56. The Morgan fingerprint density at radius 3 is 2.42 bits per heavy atom. The lowest BCUT2D eigenvalue weighted by Gasteiger charge is -1.99. The summed E-state index contributed by atoms with van der Waals surface area (Å²) in [6.07, 6.45) is 0.785. The highest BCUT2D eigenvalue weighted by atomic mass is 35.5. The number of halogens is 1. The summed E-state index contributed by atoms with van der Waals surface area (Å²) >= 11 is 3.64. The van der Waals surface area contributed by atoms with Gasteiger partial charge in [-0.3, -0.25) is 9.64 Å². The number of pyridine rings is 1. The molecule has 0 unspecified atom stereocenters. The van der Waals surface area contributed by atoms with Crippen LogP contribution in [0.5, 0.6) is 5.75 Å². The van der Waals surface area contributed by atoms with E-state index >= 15 is 0 Å². The third-order valence-corrected chi connectivity index (χ3v) is 1.42. The van der Waals surface area contributed by atoms with Gasteiger partial charge in [0, 0.05) is 5.69 Å². The van der Waals surface area contributed by atoms with E-state index in [0.717, 1.165) is 17.8 Å². The van der Waals surface area contributed by atoms with Gasteiger partial charge in [0.05, 0.1) is 17.6 Å². The molecule has 3 nitrogen and oxygen atoms in total. The minimum atomic E-state index is 0.299. The second-order valence-corrected chi connectivity index (χ2v) is 2.27. The second kappa shape index (κ2) is 5.80. The average molecular weight is 190 g/mol. The summed E-state index contributed by atoms with van der Waals surface area (Å²) in [5, 5.41) is 9.17. The van der Waals surface area contributed by atoms with Crippen molar-refractivity contribution in [3.8, 4) is 5.75 Å². The molecule has 0 fully saturated rings. The molecule has 2 N–H and O–H groups in total. The van der Waals surface area contributed by atoms with Gasteiger partial charge in [-0.1, -0.05) is 6.92 Å². The van der Waals surface area contributed by atoms with Crippen LogP contribution in [-0.4, -0.2) is 14.7 Å². The number of aromatic hydroxyl groups is 1. The van der Waals surface area contributed by atoms with E-state index in [1.54, 1.807) is 12.1 Å². The summed E-state index contributed by atoms with van der Waals surface area (Å²) in [5.74, 6) is 0.299. The van der Waals surface area contributed by atoms with Crippen LogP contribution in [0.4, 0.5) is 0 Å². The molecule has 68 valence electrons. The number of nitrogens with zero attached hydrogens (tertiary/aromatic N) is 1. The third kappa shape index (κ3) is 3.07. The number of aryl methyl sites for hydroxylation is 2. The molecule has 0 bridgehead atoms. The highest BCUT2D eigenvalue weighted by molar-refractivity contribution is 6.04. The molecule has 1 rings (SSSR count). The molecule has 0 aromatic carbocycles. The Kier molecular flexibility index (Phi) is 5.41. The lowest BCUT2D eigenvalue weighted by molar-refractivity contribution is 0.464. The molecule has 0 aliphatic heterocycles. The van der Waals surface area contributed by atoms with Crippen molar-refractivity contribution in [1.82, 2.24) is 4.98 Å². The molecule has 1 aromatic rings. The lowest BCUT2D eigenvalue weighted by atomic mass is 10.2. The van der Waals surface area contributed by atoms with Crippen LogP contribution < -0.4 is 0 Å². The summed E-state index contributed by atoms with van der Waals surface area (Å²) in [5.41, 5.74) is 1.73. The van der Waals surface area contributed by atoms with Gasteiger partial charge in [-0.15, -0.1) is 0 Å². The number of aromatic nitrogens is 1. The molecule has 0 aliphatic carbocycles. The Morgan fingerprint density at radius 1 is 1.42 bits per heavy atom. The Balaban J connectivity index is 0.000000561. The zero-order valence-electron chi connectivity index (χ0n) is 7.08. The smallest absolute Gasteiger partial charge is 0.137 e. The molecule has 1 aromatic heterocycles. The average Bonchev–Trinajstić information content (AvgIpc) is 2.13. The Hall–Kier alpha value is -0.800. The van der Waals surface area contributed by atoms with Crippen molar-refractivity contribution < 1.29 is 9.77 Å². The van der Waals surface area contributed by atoms with Crippen molar-refractivity contribution in [2.75, 3.05) is 0 Å². The van der Waals surface area contributed by atoms with E-state index < -0.39 is 0 Å². The van der Waals surface area contributed by atoms with Gasteiger partial charge in [0.2, 0.25) is 0 Å². The molecule has 4 heteroatoms. The fourth-order valence-corrected chi connectivity index (χ4v) is 0.863. The summed E-state index contributed by atoms with van der Waals surface area (Å²) in [4.78, 5) is 4.14. The van der Waals surface area contributed by atoms with Gasteiger partial charge in [0.25, 0.3) is 0 Å². The maximum absolute atomic E-state index is 9.17. The van der Waals surface area contributed by atoms with Crippen molar-refractivity contribution in [3.63, 3.8) is 0 Å². The van der Waals surface area contributed by atoms with E-state index in [0.29, 0.717) is 5.75 Å². The molecular formula is C8H12ClNO2. The van der Waals surface area contributed by atoms with Crippen LogP contribution >= 0.6 is 11.9 Å². The normalized spacial score (nSPS) is 8.67. The quantitative estimate of drug-likeness (QED) is 0.708. The molecule has 0 radical (unpaired) electrons. The van der Waals surface area contributed by atoms with Gasteiger partial charge in [-0.05, 0) is 25.5 Å². The van der Waals surface area contributed by atoms with Crippen molar-refractivity contribution in [1.29, 1.82) is 0 Å². The molecular weight excluding hydrogens is 178 g/mol. The molecule has 0 amide bonds. The minimum absolute atomic E-state index is 0.299. The summed E-state index contributed by atoms with van der Waals surface area (Å²) in [6.45, 7) is 3.89. The van der Waals surface area contributed by atoms with E-state index in [4.69, 9.17) is 4.66 Å². The van der Waals surface area contributed by atoms with Gasteiger partial charge >= 0.3 is 0 Å². The van der Waals surface area contributed by atoms with Crippen molar-refractivity contribution in [2.24, 2.45) is 0 Å². The molecule has 12 heavy (non-hydrogen) atoms. The molecule has 0 saturated heterocycles. The van der Waals surface area contributed by atoms with Crippen LogP contribution in [0.1, 0.15) is 18.3 Å². The first-order valence-electron chi connectivity index (χ1n) is 3.56. The van der Waals surface area contributed by atoms with Gasteiger partial charge in [0.1, 0.15) is 5.75 Å². The van der Waals surface area contributed by atoms with E-state index in [1.807, 2.05) is 13.8 Å². The maximum Gasteiger partial charge on any atom is 0.137 e. The zero-order valence-corrected chi connectivity index (χ0v) is 7.84. The first kappa shape index (κ1) is 11.2. The first-order chi connectivity index (χ1) is 5.74. The van der Waals surface area contributed by atoms with Crippen LogP contribution in [0, 0.1) is 6.92 Å². The van der Waals surface area contributed by atoms with Gasteiger partial charge < -0.3 is 5.11 Å². The predicted molar refractivity (Wildman–Crippen MR) is 48.1 cm³/mol. The Bertz CT molecular complexity index is 240. The number of rotatable bonds is 1. The molecule has 0 spiro atoms. The highest BCUT2D eigenvalue weighted by Crippen LogP contribution is 2.14. The SMILES string of the molecule is CCc1nc(C)ccc1O.OCl. The van der Waals surface area contributed by atoms with Crippen LogP contribution in [0.2, 0.25) is 0 Å². The van der Waals surface area contributed by atoms with Crippen LogP contribution in [0.15, 0.2) is 12.1 Å². The van der Waals surface area contributed by atoms with Crippen molar-refractivity contribution in [3.05, 3.63) is 23.5 Å². The van der Waals surface area contributed by atoms with E-state index in [-0.39, 0.29) is 0 Å². The summed E-state index contributed by atoms with van der Waals surface area (Å²) in [6, 6.07) is 3.48. The van der Waals surface area contributed by atoms with E-state index in [2.05, 4.69) is 16.9 Å². The fourth-order valence-electron chi connectivity index (χ4n) is 0.863. The van der Waals surface area contributed by atoms with Gasteiger partial charge in [-0.25, -0.2) is 0 Å². The van der Waals surface area contributed by atoms with Crippen molar-refractivity contribution in [2.45, 2.75) is 20.3 Å². The largest absolute Gasteiger partial charge is 0.506 e. The molecule has 0 aliphatic rings. The van der Waals surface area contributed by atoms with Gasteiger partial charge in [-0.2, -0.15) is 0 Å². The number of hydrogen-bond acceptors (Lipinski definition) is 3. The topological polar surface area (TPSA) is 53.4 Å². The first-order valence-corrected chi connectivity index (χ1v) is 3.90. The van der Waals surface area contributed by atoms with Crippen molar-refractivity contribution >= 4 is 11.9 Å². The maximum atomic E-state index is 9.17. The Morgan fingerprint density at radius 2 is 2.00 bits per heavy atom. The van der Waals surface area contributed by atoms with Gasteiger partial charge in [0.15, 0.2) is 0 Å². The second-order valence-electron chi connectivity index (χ2n) is 2.27. The number of hydrogen-bond donors (Lipinski definition) is 2. The van der Waals surface area contributed by atoms with Crippen LogP contribution in [-0.2, 0) is 6.42 Å². The molecule has 0 atom stereocenters. The third-order valence-electron chi connectivity index (χ3n) is 1.42. The lowest BCUT2D eigenvalue weighted by Crippen LogP contribution is -1.89. The Labute approximate surface area is 76.8 Å². The standard InChI is InChI=1S/C8H11NO.ClHO/c1-3-7-8(10)5-4-6(2)9-7;1-2/h4-5,10H,3H2,1-2H3;2H. The van der Waals surface area contributed by atoms with E-state index in [9.17, 15) is 5.11 Å². The minimum Gasteiger partial charge on any atom is -0.506 e. The van der Waals surface area contributed by atoms with Crippen LogP contribution in [0.25, 0.3) is 0 Å². The molecule has 1 heterocycles. The monoisotopic (exact) mass is 189 g/mol.